The third-order valence-corrected chi connectivity index (χ3v) is 2.67. The molecule has 5 nitrogen and oxygen atoms in total. The van der Waals surface area contributed by atoms with Gasteiger partial charge in [0.2, 0.25) is 5.91 Å². The molecule has 0 aliphatic carbocycles. The van der Waals surface area contributed by atoms with Gasteiger partial charge in [0, 0.05) is 11.8 Å². The topological polar surface area (TPSA) is 86.9 Å². The predicted octanol–water partition coefficient (Wildman–Crippen LogP) is 0.537. The highest BCUT2D eigenvalue weighted by Crippen LogP contribution is 2.19. The van der Waals surface area contributed by atoms with Crippen LogP contribution in [0.15, 0.2) is 36.7 Å². The molecular weight excluding hydrogens is 228 g/mol. The number of carbonyl (C=O) groups is 1. The summed E-state index contributed by atoms with van der Waals surface area (Å²) in [4.78, 5) is 10.8. The highest BCUT2D eigenvalue weighted by Gasteiger charge is 2.03. The first-order valence-corrected chi connectivity index (χ1v) is 5.79. The van der Waals surface area contributed by atoms with Crippen molar-refractivity contribution in [1.29, 1.82) is 0 Å². The number of nitrogens with two attached hydrogens (primary N) is 2. The number of benzene rings is 1. The summed E-state index contributed by atoms with van der Waals surface area (Å²) in [5.41, 5.74) is 13.9. The Kier molecular flexibility index (Phi) is 3.74. The van der Waals surface area contributed by atoms with Crippen LogP contribution in [0.1, 0.15) is 5.56 Å². The van der Waals surface area contributed by atoms with E-state index < -0.39 is 5.91 Å². The average molecular weight is 244 g/mol. The number of hydrogen-bond donors (Lipinski definition) is 2. The molecule has 0 saturated carbocycles. The third kappa shape index (κ3) is 2.95. The second kappa shape index (κ2) is 5.46. The Balaban J connectivity index is 2.15. The van der Waals surface area contributed by atoms with E-state index in [-0.39, 0.29) is 6.54 Å². The molecule has 0 saturated heterocycles. The largest absolute Gasteiger partial charge is 0.368 e. The highest BCUT2D eigenvalue weighted by atomic mass is 16.1. The Morgan fingerprint density at radius 2 is 1.94 bits per heavy atom. The van der Waals surface area contributed by atoms with Crippen LogP contribution in [0.3, 0.4) is 0 Å². The van der Waals surface area contributed by atoms with E-state index in [4.69, 9.17) is 11.5 Å². The van der Waals surface area contributed by atoms with Gasteiger partial charge in [-0.1, -0.05) is 24.3 Å². The van der Waals surface area contributed by atoms with Gasteiger partial charge in [-0.2, -0.15) is 5.10 Å². The maximum Gasteiger partial charge on any atom is 0.239 e. The molecule has 0 radical (unpaired) electrons. The minimum absolute atomic E-state index is 0.102. The molecule has 1 aromatic heterocycles. The van der Waals surface area contributed by atoms with Crippen molar-refractivity contribution in [3.8, 4) is 11.1 Å². The molecule has 5 heteroatoms. The van der Waals surface area contributed by atoms with Crippen molar-refractivity contribution in [2.45, 2.75) is 13.0 Å². The molecule has 0 aliphatic rings. The number of amides is 1. The predicted molar refractivity (Wildman–Crippen MR) is 69.6 cm³/mol. The minimum atomic E-state index is -0.400. The molecule has 0 unspecified atom stereocenters. The molecular formula is C13H16N4O. The highest BCUT2D eigenvalue weighted by molar-refractivity contribution is 5.73. The van der Waals surface area contributed by atoms with Gasteiger partial charge in [-0.25, -0.2) is 0 Å². The number of rotatable bonds is 5. The molecule has 2 rings (SSSR count). The van der Waals surface area contributed by atoms with Gasteiger partial charge in [0.15, 0.2) is 0 Å². The molecule has 18 heavy (non-hydrogen) atoms. The summed E-state index contributed by atoms with van der Waals surface area (Å²) in [7, 11) is 0. The van der Waals surface area contributed by atoms with Crippen molar-refractivity contribution < 1.29 is 4.79 Å². The minimum Gasteiger partial charge on any atom is -0.368 e. The summed E-state index contributed by atoms with van der Waals surface area (Å²) >= 11 is 0. The quantitative estimate of drug-likeness (QED) is 0.804. The van der Waals surface area contributed by atoms with Gasteiger partial charge in [-0.15, -0.1) is 0 Å². The molecule has 0 fully saturated rings. The summed E-state index contributed by atoms with van der Waals surface area (Å²) in [6, 6.07) is 8.15. The molecule has 2 aromatic rings. The van der Waals surface area contributed by atoms with Gasteiger partial charge in [0.1, 0.15) is 6.54 Å². The molecule has 1 aromatic carbocycles. The molecule has 0 spiro atoms. The first-order valence-electron chi connectivity index (χ1n) is 5.79. The van der Waals surface area contributed by atoms with Gasteiger partial charge in [0.05, 0.1) is 6.20 Å². The van der Waals surface area contributed by atoms with Gasteiger partial charge in [-0.05, 0) is 24.1 Å². The Hall–Kier alpha value is -2.14. The fourth-order valence-corrected chi connectivity index (χ4v) is 1.79. The van der Waals surface area contributed by atoms with Crippen molar-refractivity contribution in [3.05, 3.63) is 42.2 Å². The number of nitrogens with zero attached hydrogens (tertiary/aromatic N) is 2. The Labute approximate surface area is 105 Å². The Morgan fingerprint density at radius 3 is 2.56 bits per heavy atom. The maximum atomic E-state index is 10.8. The zero-order valence-electron chi connectivity index (χ0n) is 10.0. The van der Waals surface area contributed by atoms with Gasteiger partial charge >= 0.3 is 0 Å². The molecule has 94 valence electrons. The second-order valence-electron chi connectivity index (χ2n) is 4.13. The number of hydrogen-bond acceptors (Lipinski definition) is 3. The Bertz CT molecular complexity index is 530. The van der Waals surface area contributed by atoms with Crippen molar-refractivity contribution in [2.75, 3.05) is 6.54 Å². The number of primary amides is 1. The van der Waals surface area contributed by atoms with Crippen LogP contribution in [0.5, 0.6) is 0 Å². The van der Waals surface area contributed by atoms with Crippen LogP contribution in [0.2, 0.25) is 0 Å². The molecule has 0 bridgehead atoms. The molecule has 0 aliphatic heterocycles. The summed E-state index contributed by atoms with van der Waals surface area (Å²) < 4.78 is 1.53. The van der Waals surface area contributed by atoms with Crippen LogP contribution in [-0.4, -0.2) is 22.2 Å². The van der Waals surface area contributed by atoms with Crippen LogP contribution in [0, 0.1) is 0 Å². The fraction of sp³-hybridized carbons (Fsp3) is 0.231. The molecule has 1 heterocycles. The zero-order chi connectivity index (χ0) is 13.0. The third-order valence-electron chi connectivity index (χ3n) is 2.67. The first-order chi connectivity index (χ1) is 8.69. The number of aromatic nitrogens is 2. The average Bonchev–Trinajstić information content (AvgIpc) is 2.78. The first kappa shape index (κ1) is 12.3. The monoisotopic (exact) mass is 244 g/mol. The normalized spacial score (nSPS) is 10.5. The summed E-state index contributed by atoms with van der Waals surface area (Å²) in [6.45, 7) is 0.751. The molecule has 1 amide bonds. The van der Waals surface area contributed by atoms with E-state index in [1.54, 1.807) is 6.20 Å². The SMILES string of the molecule is NCCc1ccc(-c2cnn(CC(N)=O)c2)cc1. The Morgan fingerprint density at radius 1 is 1.22 bits per heavy atom. The number of carbonyl (C=O) groups excluding carboxylic acids is 1. The second-order valence-corrected chi connectivity index (χ2v) is 4.13. The molecule has 0 atom stereocenters. The van der Waals surface area contributed by atoms with Crippen molar-refractivity contribution in [1.82, 2.24) is 9.78 Å². The lowest BCUT2D eigenvalue weighted by molar-refractivity contribution is -0.118. The van der Waals surface area contributed by atoms with Crippen LogP contribution in [0.4, 0.5) is 0 Å². The van der Waals surface area contributed by atoms with E-state index in [0.717, 1.165) is 17.5 Å². The smallest absolute Gasteiger partial charge is 0.239 e. The van der Waals surface area contributed by atoms with E-state index in [1.165, 1.54) is 10.2 Å². The fourth-order valence-electron chi connectivity index (χ4n) is 1.79. The van der Waals surface area contributed by atoms with E-state index in [1.807, 2.05) is 30.5 Å². The maximum absolute atomic E-state index is 10.8. The lowest BCUT2D eigenvalue weighted by atomic mass is 10.1. The van der Waals surface area contributed by atoms with E-state index in [2.05, 4.69) is 5.10 Å². The van der Waals surface area contributed by atoms with Crippen molar-refractivity contribution >= 4 is 5.91 Å². The van der Waals surface area contributed by atoms with Crippen LogP contribution < -0.4 is 11.5 Å². The lowest BCUT2D eigenvalue weighted by Crippen LogP contribution is -2.18. The zero-order valence-corrected chi connectivity index (χ0v) is 10.0. The summed E-state index contributed by atoms with van der Waals surface area (Å²) in [5, 5.41) is 4.09. The van der Waals surface area contributed by atoms with Crippen molar-refractivity contribution in [3.63, 3.8) is 0 Å². The van der Waals surface area contributed by atoms with E-state index in [0.29, 0.717) is 6.54 Å². The van der Waals surface area contributed by atoms with E-state index in [9.17, 15) is 4.79 Å². The lowest BCUT2D eigenvalue weighted by Gasteiger charge is -2.01. The van der Waals surface area contributed by atoms with Gasteiger partial charge in [0.25, 0.3) is 0 Å². The van der Waals surface area contributed by atoms with Crippen LogP contribution >= 0.6 is 0 Å². The van der Waals surface area contributed by atoms with Gasteiger partial charge < -0.3 is 11.5 Å². The summed E-state index contributed by atoms with van der Waals surface area (Å²) in [5.74, 6) is -0.400. The summed E-state index contributed by atoms with van der Waals surface area (Å²) in [6.07, 6.45) is 4.41. The van der Waals surface area contributed by atoms with E-state index >= 15 is 0 Å². The molecule has 4 N–H and O–H groups in total. The van der Waals surface area contributed by atoms with Gasteiger partial charge in [-0.3, -0.25) is 9.48 Å². The van der Waals surface area contributed by atoms with Crippen molar-refractivity contribution in [2.24, 2.45) is 11.5 Å². The van der Waals surface area contributed by atoms with Crippen LogP contribution in [0.25, 0.3) is 11.1 Å². The van der Waals surface area contributed by atoms with Crippen LogP contribution in [-0.2, 0) is 17.8 Å². The standard InChI is InChI=1S/C13H16N4O/c14-6-5-10-1-3-11(4-2-10)12-7-16-17(8-12)9-13(15)18/h1-4,7-8H,5-6,9,14H2,(H2,15,18).